The van der Waals surface area contributed by atoms with Crippen molar-refractivity contribution in [2.45, 2.75) is 20.3 Å². The number of esters is 1. The fourth-order valence-corrected chi connectivity index (χ4v) is 3.89. The van der Waals surface area contributed by atoms with E-state index in [2.05, 4.69) is 73.9 Å². The zero-order valence-corrected chi connectivity index (χ0v) is 21.4. The SMILES string of the molecule is C=CC(=O)Oc1ccc(CCOc2cc(OC)cc(N(c3ccc(C)cc3)c3ccc(C)cc3)c2)cc1. The van der Waals surface area contributed by atoms with Crippen LogP contribution in [0.1, 0.15) is 16.7 Å². The van der Waals surface area contributed by atoms with Crippen molar-refractivity contribution in [3.05, 3.63) is 120 Å². The van der Waals surface area contributed by atoms with Gasteiger partial charge in [-0.15, -0.1) is 0 Å². The van der Waals surface area contributed by atoms with E-state index < -0.39 is 5.97 Å². The van der Waals surface area contributed by atoms with Crippen molar-refractivity contribution in [1.82, 2.24) is 0 Å². The number of hydrogen-bond acceptors (Lipinski definition) is 5. The molecule has 5 heteroatoms. The Bertz CT molecular complexity index is 1300. The lowest BCUT2D eigenvalue weighted by Gasteiger charge is -2.26. The van der Waals surface area contributed by atoms with Gasteiger partial charge in [-0.3, -0.25) is 0 Å². The van der Waals surface area contributed by atoms with Crippen molar-refractivity contribution in [2.75, 3.05) is 18.6 Å². The molecule has 0 bridgehead atoms. The number of aryl methyl sites for hydroxylation is 2. The quantitative estimate of drug-likeness (QED) is 0.130. The summed E-state index contributed by atoms with van der Waals surface area (Å²) >= 11 is 0. The summed E-state index contributed by atoms with van der Waals surface area (Å²) in [5, 5.41) is 0. The normalized spacial score (nSPS) is 10.5. The van der Waals surface area contributed by atoms with Crippen LogP contribution in [0.4, 0.5) is 17.1 Å². The summed E-state index contributed by atoms with van der Waals surface area (Å²) in [5.74, 6) is 1.44. The number of hydrogen-bond donors (Lipinski definition) is 0. The molecular formula is C32H31NO4. The highest BCUT2D eigenvalue weighted by Crippen LogP contribution is 2.38. The highest BCUT2D eigenvalue weighted by molar-refractivity contribution is 5.83. The molecule has 0 atom stereocenters. The molecule has 5 nitrogen and oxygen atoms in total. The lowest BCUT2D eigenvalue weighted by molar-refractivity contribution is -0.128. The summed E-state index contributed by atoms with van der Waals surface area (Å²) in [6, 6.07) is 30.2. The fourth-order valence-electron chi connectivity index (χ4n) is 3.89. The molecule has 4 aromatic carbocycles. The van der Waals surface area contributed by atoms with Gasteiger partial charge in [0.15, 0.2) is 0 Å². The second-order valence-corrected chi connectivity index (χ2v) is 8.74. The monoisotopic (exact) mass is 493 g/mol. The zero-order valence-electron chi connectivity index (χ0n) is 21.4. The van der Waals surface area contributed by atoms with Gasteiger partial charge in [-0.25, -0.2) is 4.79 Å². The van der Waals surface area contributed by atoms with Crippen LogP contribution in [0.25, 0.3) is 0 Å². The molecule has 0 saturated carbocycles. The topological polar surface area (TPSA) is 48.0 Å². The third kappa shape index (κ3) is 6.79. The van der Waals surface area contributed by atoms with Gasteiger partial charge >= 0.3 is 5.97 Å². The van der Waals surface area contributed by atoms with Crippen LogP contribution in [0.3, 0.4) is 0 Å². The van der Waals surface area contributed by atoms with Crippen LogP contribution in [0.5, 0.6) is 17.2 Å². The van der Waals surface area contributed by atoms with Crippen molar-refractivity contribution >= 4 is 23.0 Å². The van der Waals surface area contributed by atoms with Gasteiger partial charge < -0.3 is 19.1 Å². The Balaban J connectivity index is 1.55. The molecule has 0 unspecified atom stereocenters. The lowest BCUT2D eigenvalue weighted by atomic mass is 10.1. The Morgan fingerprint density at radius 2 is 1.32 bits per heavy atom. The molecule has 188 valence electrons. The van der Waals surface area contributed by atoms with Crippen molar-refractivity contribution < 1.29 is 19.0 Å². The molecule has 0 spiro atoms. The maximum atomic E-state index is 11.4. The first-order valence-corrected chi connectivity index (χ1v) is 12.1. The van der Waals surface area contributed by atoms with Gasteiger partial charge in [-0.05, 0) is 55.8 Å². The minimum Gasteiger partial charge on any atom is -0.497 e. The number of anilines is 3. The summed E-state index contributed by atoms with van der Waals surface area (Å²) < 4.78 is 16.9. The van der Waals surface area contributed by atoms with E-state index in [1.54, 1.807) is 19.2 Å². The highest BCUT2D eigenvalue weighted by atomic mass is 16.5. The predicted molar refractivity (Wildman–Crippen MR) is 149 cm³/mol. The number of ether oxygens (including phenoxy) is 3. The third-order valence-corrected chi connectivity index (χ3v) is 5.91. The van der Waals surface area contributed by atoms with Crippen molar-refractivity contribution in [1.29, 1.82) is 0 Å². The first kappa shape index (κ1) is 25.6. The van der Waals surface area contributed by atoms with Gasteiger partial charge in [0, 0.05) is 42.1 Å². The Morgan fingerprint density at radius 3 is 1.86 bits per heavy atom. The first-order chi connectivity index (χ1) is 17.9. The zero-order chi connectivity index (χ0) is 26.2. The van der Waals surface area contributed by atoms with Gasteiger partial charge in [-0.1, -0.05) is 54.1 Å². The molecule has 4 rings (SSSR count). The van der Waals surface area contributed by atoms with Gasteiger partial charge in [0.2, 0.25) is 0 Å². The Morgan fingerprint density at radius 1 is 0.757 bits per heavy atom. The Kier molecular flexibility index (Phi) is 8.26. The van der Waals surface area contributed by atoms with E-state index in [4.69, 9.17) is 14.2 Å². The summed E-state index contributed by atoms with van der Waals surface area (Å²) in [7, 11) is 1.66. The van der Waals surface area contributed by atoms with Crippen LogP contribution in [-0.4, -0.2) is 19.7 Å². The molecule has 0 aliphatic heterocycles. The highest BCUT2D eigenvalue weighted by Gasteiger charge is 2.15. The number of carbonyl (C=O) groups excluding carboxylic acids is 1. The van der Waals surface area contributed by atoms with Crippen LogP contribution in [0.15, 0.2) is 104 Å². The maximum Gasteiger partial charge on any atom is 0.335 e. The van der Waals surface area contributed by atoms with E-state index in [1.807, 2.05) is 30.3 Å². The predicted octanol–water partition coefficient (Wildman–Crippen LogP) is 7.49. The molecule has 0 amide bonds. The smallest absolute Gasteiger partial charge is 0.335 e. The van der Waals surface area contributed by atoms with Crippen molar-refractivity contribution in [3.8, 4) is 17.2 Å². The molecule has 0 aromatic heterocycles. The van der Waals surface area contributed by atoms with Crippen LogP contribution < -0.4 is 19.1 Å². The number of methoxy groups -OCH3 is 1. The maximum absolute atomic E-state index is 11.4. The van der Waals surface area contributed by atoms with E-state index in [-0.39, 0.29) is 0 Å². The first-order valence-electron chi connectivity index (χ1n) is 12.1. The van der Waals surface area contributed by atoms with E-state index in [0.717, 1.165) is 34.5 Å². The average Bonchev–Trinajstić information content (AvgIpc) is 2.92. The van der Waals surface area contributed by atoms with Gasteiger partial charge in [0.25, 0.3) is 0 Å². The molecule has 37 heavy (non-hydrogen) atoms. The number of nitrogens with zero attached hydrogens (tertiary/aromatic N) is 1. The Hall–Kier alpha value is -4.51. The number of carbonyl (C=O) groups is 1. The third-order valence-electron chi connectivity index (χ3n) is 5.91. The second-order valence-electron chi connectivity index (χ2n) is 8.74. The summed E-state index contributed by atoms with van der Waals surface area (Å²) in [6.45, 7) is 8.06. The minimum atomic E-state index is -0.477. The molecule has 0 saturated heterocycles. The van der Waals surface area contributed by atoms with Crippen LogP contribution >= 0.6 is 0 Å². The van der Waals surface area contributed by atoms with Crippen LogP contribution in [-0.2, 0) is 11.2 Å². The number of rotatable bonds is 10. The van der Waals surface area contributed by atoms with Gasteiger partial charge in [-0.2, -0.15) is 0 Å². The number of benzene rings is 4. The van der Waals surface area contributed by atoms with Crippen molar-refractivity contribution in [2.24, 2.45) is 0 Å². The van der Waals surface area contributed by atoms with E-state index >= 15 is 0 Å². The molecule has 0 aliphatic rings. The van der Waals surface area contributed by atoms with E-state index in [9.17, 15) is 4.79 Å². The fraction of sp³-hybridized carbons (Fsp3) is 0.156. The van der Waals surface area contributed by atoms with Gasteiger partial charge in [0.05, 0.1) is 19.4 Å². The van der Waals surface area contributed by atoms with Crippen LogP contribution in [0.2, 0.25) is 0 Å². The molecule has 0 aliphatic carbocycles. The molecule has 0 N–H and O–H groups in total. The van der Waals surface area contributed by atoms with E-state index in [0.29, 0.717) is 24.5 Å². The van der Waals surface area contributed by atoms with Gasteiger partial charge in [0.1, 0.15) is 17.2 Å². The molecule has 0 heterocycles. The molecule has 4 aromatic rings. The average molecular weight is 494 g/mol. The van der Waals surface area contributed by atoms with Crippen LogP contribution in [0, 0.1) is 13.8 Å². The summed E-state index contributed by atoms with van der Waals surface area (Å²) in [4.78, 5) is 13.6. The lowest BCUT2D eigenvalue weighted by Crippen LogP contribution is -2.11. The molecule has 0 radical (unpaired) electrons. The molecule has 0 fully saturated rings. The van der Waals surface area contributed by atoms with E-state index in [1.165, 1.54) is 11.1 Å². The standard InChI is InChI=1S/C32H31NO4/c1-5-32(34)37-29-16-10-25(11-17-29)18-19-36-31-21-28(20-30(22-31)35-4)33(26-12-6-23(2)7-13-26)27-14-8-24(3)9-15-27/h5-17,20-22H,1,18-19H2,2-4H3. The van der Waals surface area contributed by atoms with Crippen molar-refractivity contribution in [3.63, 3.8) is 0 Å². The molecular weight excluding hydrogens is 462 g/mol. The largest absolute Gasteiger partial charge is 0.497 e. The second kappa shape index (κ2) is 12.0. The Labute approximate surface area is 218 Å². The summed E-state index contributed by atoms with van der Waals surface area (Å²) in [5.41, 5.74) is 6.51. The summed E-state index contributed by atoms with van der Waals surface area (Å²) in [6.07, 6.45) is 1.84. The minimum absolute atomic E-state index is 0.477.